The lowest BCUT2D eigenvalue weighted by atomic mass is 10.2. The molecule has 0 unspecified atom stereocenters. The molecule has 0 atom stereocenters. The molecule has 0 spiro atoms. The average molecular weight is 134 g/mol. The smallest absolute Gasteiger partial charge is 0.0991 e. The number of hydrogen-bond acceptors (Lipinski definition) is 2. The molecule has 1 aromatic carbocycles. The SMILES string of the molecule is C.N#Cc1ccc(N)cc1. The van der Waals surface area contributed by atoms with Crippen LogP contribution in [0.1, 0.15) is 13.0 Å². The van der Waals surface area contributed by atoms with Crippen molar-refractivity contribution in [3.63, 3.8) is 0 Å². The van der Waals surface area contributed by atoms with E-state index in [0.29, 0.717) is 11.3 Å². The molecule has 2 heteroatoms. The number of nitrogens with two attached hydrogens (primary N) is 1. The highest BCUT2D eigenvalue weighted by Crippen LogP contribution is 2.02. The molecule has 0 heterocycles. The molecule has 1 rings (SSSR count). The molecule has 0 aliphatic heterocycles. The van der Waals surface area contributed by atoms with Crippen molar-refractivity contribution in [1.82, 2.24) is 0 Å². The van der Waals surface area contributed by atoms with Crippen molar-refractivity contribution in [2.75, 3.05) is 5.73 Å². The van der Waals surface area contributed by atoms with Gasteiger partial charge in [0.1, 0.15) is 0 Å². The summed E-state index contributed by atoms with van der Waals surface area (Å²) in [7, 11) is 0. The van der Waals surface area contributed by atoms with Crippen molar-refractivity contribution < 1.29 is 0 Å². The summed E-state index contributed by atoms with van der Waals surface area (Å²) in [5.74, 6) is 0. The van der Waals surface area contributed by atoms with Crippen LogP contribution in [0.3, 0.4) is 0 Å². The first-order chi connectivity index (χ1) is 4.33. The van der Waals surface area contributed by atoms with E-state index in [2.05, 4.69) is 0 Å². The number of benzene rings is 1. The third-order valence-corrected chi connectivity index (χ3v) is 1.04. The molecular weight excluding hydrogens is 124 g/mol. The van der Waals surface area contributed by atoms with Gasteiger partial charge in [-0.1, -0.05) is 7.43 Å². The van der Waals surface area contributed by atoms with Crippen LogP contribution in [0.4, 0.5) is 5.69 Å². The molecule has 0 saturated heterocycles. The van der Waals surface area contributed by atoms with Gasteiger partial charge in [0.15, 0.2) is 0 Å². The van der Waals surface area contributed by atoms with E-state index in [1.165, 1.54) is 0 Å². The van der Waals surface area contributed by atoms with Crippen LogP contribution in [0.15, 0.2) is 24.3 Å². The first-order valence-corrected chi connectivity index (χ1v) is 2.58. The van der Waals surface area contributed by atoms with Crippen LogP contribution in [0.2, 0.25) is 0 Å². The van der Waals surface area contributed by atoms with Gasteiger partial charge in [0, 0.05) is 5.69 Å². The van der Waals surface area contributed by atoms with Crippen LogP contribution in [-0.4, -0.2) is 0 Å². The highest BCUT2D eigenvalue weighted by molar-refractivity contribution is 5.42. The van der Waals surface area contributed by atoms with Gasteiger partial charge in [-0.25, -0.2) is 0 Å². The molecule has 0 aliphatic carbocycles. The highest BCUT2D eigenvalue weighted by atomic mass is 14.5. The van der Waals surface area contributed by atoms with Gasteiger partial charge in [-0.2, -0.15) is 5.26 Å². The molecular formula is C8H10N2. The number of rotatable bonds is 0. The lowest BCUT2D eigenvalue weighted by Crippen LogP contribution is -1.82. The van der Waals surface area contributed by atoms with E-state index in [1.54, 1.807) is 24.3 Å². The van der Waals surface area contributed by atoms with Gasteiger partial charge in [-0.3, -0.25) is 0 Å². The summed E-state index contributed by atoms with van der Waals surface area (Å²) < 4.78 is 0. The Bertz CT molecular complexity index is 230. The van der Waals surface area contributed by atoms with Crippen LogP contribution in [0, 0.1) is 11.3 Å². The third kappa shape index (κ3) is 1.79. The molecule has 52 valence electrons. The molecule has 0 saturated carbocycles. The van der Waals surface area contributed by atoms with Gasteiger partial charge >= 0.3 is 0 Å². The summed E-state index contributed by atoms with van der Waals surface area (Å²) in [5.41, 5.74) is 6.70. The predicted octanol–water partition coefficient (Wildman–Crippen LogP) is 1.78. The van der Waals surface area contributed by atoms with Gasteiger partial charge in [-0.15, -0.1) is 0 Å². The number of hydrogen-bond donors (Lipinski definition) is 1. The molecule has 0 fully saturated rings. The summed E-state index contributed by atoms with van der Waals surface area (Å²) in [6.07, 6.45) is 0. The lowest BCUT2D eigenvalue weighted by Gasteiger charge is -1.88. The molecule has 0 aromatic heterocycles. The number of nitriles is 1. The monoisotopic (exact) mass is 134 g/mol. The van der Waals surface area contributed by atoms with Gasteiger partial charge in [-0.05, 0) is 24.3 Å². The van der Waals surface area contributed by atoms with Crippen LogP contribution in [-0.2, 0) is 0 Å². The van der Waals surface area contributed by atoms with Crippen molar-refractivity contribution in [2.45, 2.75) is 7.43 Å². The quantitative estimate of drug-likeness (QED) is 0.550. The lowest BCUT2D eigenvalue weighted by molar-refractivity contribution is 1.49. The van der Waals surface area contributed by atoms with Crippen molar-refractivity contribution >= 4 is 5.69 Å². The van der Waals surface area contributed by atoms with E-state index in [4.69, 9.17) is 11.0 Å². The van der Waals surface area contributed by atoms with Gasteiger partial charge < -0.3 is 5.73 Å². The van der Waals surface area contributed by atoms with Gasteiger partial charge in [0.25, 0.3) is 0 Å². The van der Waals surface area contributed by atoms with Crippen molar-refractivity contribution in [3.8, 4) is 6.07 Å². The second-order valence-corrected chi connectivity index (χ2v) is 1.73. The van der Waals surface area contributed by atoms with Crippen molar-refractivity contribution in [3.05, 3.63) is 29.8 Å². The van der Waals surface area contributed by atoms with E-state index in [-0.39, 0.29) is 7.43 Å². The maximum absolute atomic E-state index is 8.34. The van der Waals surface area contributed by atoms with E-state index in [9.17, 15) is 0 Å². The summed E-state index contributed by atoms with van der Waals surface area (Å²) in [6.45, 7) is 0. The Kier molecular flexibility index (Phi) is 2.99. The predicted molar refractivity (Wildman–Crippen MR) is 42.3 cm³/mol. The normalized spacial score (nSPS) is 7.50. The van der Waals surface area contributed by atoms with Gasteiger partial charge in [0.05, 0.1) is 11.6 Å². The summed E-state index contributed by atoms with van der Waals surface area (Å²) >= 11 is 0. The van der Waals surface area contributed by atoms with E-state index in [1.807, 2.05) is 6.07 Å². The number of nitrogens with zero attached hydrogens (tertiary/aromatic N) is 1. The van der Waals surface area contributed by atoms with Crippen LogP contribution in [0.5, 0.6) is 0 Å². The Hall–Kier alpha value is -1.49. The Labute approximate surface area is 60.9 Å². The molecule has 2 N–H and O–H groups in total. The minimum Gasteiger partial charge on any atom is -0.399 e. The van der Waals surface area contributed by atoms with Crippen LogP contribution < -0.4 is 5.73 Å². The largest absolute Gasteiger partial charge is 0.399 e. The zero-order valence-corrected chi connectivity index (χ0v) is 4.83. The molecule has 0 amide bonds. The zero-order valence-electron chi connectivity index (χ0n) is 4.83. The molecule has 0 aliphatic rings. The topological polar surface area (TPSA) is 49.8 Å². The maximum atomic E-state index is 8.34. The first-order valence-electron chi connectivity index (χ1n) is 2.58. The zero-order chi connectivity index (χ0) is 6.69. The molecule has 0 bridgehead atoms. The standard InChI is InChI=1S/C7H6N2.CH4/c8-5-6-1-3-7(9)4-2-6;/h1-4H,9H2;1H4. The maximum Gasteiger partial charge on any atom is 0.0991 e. The number of nitrogen functional groups attached to an aromatic ring is 1. The first kappa shape index (κ1) is 8.51. The minimum atomic E-state index is 0. The number of anilines is 1. The average Bonchev–Trinajstić information content (AvgIpc) is 1.90. The molecule has 0 radical (unpaired) electrons. The minimum absolute atomic E-state index is 0. The van der Waals surface area contributed by atoms with Gasteiger partial charge in [0.2, 0.25) is 0 Å². The second kappa shape index (κ2) is 3.52. The Balaban J connectivity index is 0.000000810. The van der Waals surface area contributed by atoms with Crippen LogP contribution in [0.25, 0.3) is 0 Å². The van der Waals surface area contributed by atoms with E-state index >= 15 is 0 Å². The fourth-order valence-electron chi connectivity index (χ4n) is 0.558. The fourth-order valence-corrected chi connectivity index (χ4v) is 0.558. The summed E-state index contributed by atoms with van der Waals surface area (Å²) in [6, 6.07) is 8.79. The summed E-state index contributed by atoms with van der Waals surface area (Å²) in [4.78, 5) is 0. The highest BCUT2D eigenvalue weighted by Gasteiger charge is 1.85. The van der Waals surface area contributed by atoms with Crippen LogP contribution >= 0.6 is 0 Å². The van der Waals surface area contributed by atoms with E-state index < -0.39 is 0 Å². The molecule has 1 aromatic rings. The summed E-state index contributed by atoms with van der Waals surface area (Å²) in [5, 5.41) is 8.34. The van der Waals surface area contributed by atoms with E-state index in [0.717, 1.165) is 0 Å². The Morgan fingerprint density at radius 1 is 1.20 bits per heavy atom. The van der Waals surface area contributed by atoms with Crippen molar-refractivity contribution in [2.24, 2.45) is 0 Å². The second-order valence-electron chi connectivity index (χ2n) is 1.73. The Morgan fingerprint density at radius 2 is 1.70 bits per heavy atom. The van der Waals surface area contributed by atoms with Crippen molar-refractivity contribution in [1.29, 1.82) is 5.26 Å². The molecule has 2 nitrogen and oxygen atoms in total. The fraction of sp³-hybridized carbons (Fsp3) is 0.125. The third-order valence-electron chi connectivity index (χ3n) is 1.04. The Morgan fingerprint density at radius 3 is 2.10 bits per heavy atom. The molecule has 10 heavy (non-hydrogen) atoms.